The summed E-state index contributed by atoms with van der Waals surface area (Å²) in [6.07, 6.45) is 3.51. The van der Waals surface area contributed by atoms with Gasteiger partial charge in [-0.25, -0.2) is 4.79 Å². The normalized spacial score (nSPS) is 11.6. The predicted octanol–water partition coefficient (Wildman–Crippen LogP) is 2.54. The minimum Gasteiger partial charge on any atom is -0.462 e. The molecule has 1 aromatic heterocycles. The zero-order chi connectivity index (χ0) is 12.3. The van der Waals surface area contributed by atoms with Gasteiger partial charge in [0.15, 0.2) is 0 Å². The SMILES string of the molecule is CCOC(=O)c1cnn(C(C)(C)C)c1SC. The van der Waals surface area contributed by atoms with Crippen LogP contribution in [0.4, 0.5) is 0 Å². The largest absolute Gasteiger partial charge is 0.462 e. The van der Waals surface area contributed by atoms with E-state index in [1.54, 1.807) is 13.1 Å². The van der Waals surface area contributed by atoms with Crippen molar-refractivity contribution < 1.29 is 9.53 Å². The third-order valence-electron chi connectivity index (χ3n) is 2.05. The first-order chi connectivity index (χ1) is 7.41. The number of carbonyl (C=O) groups excluding carboxylic acids is 1. The molecular weight excluding hydrogens is 224 g/mol. The number of ether oxygens (including phenoxy) is 1. The molecule has 0 spiro atoms. The summed E-state index contributed by atoms with van der Waals surface area (Å²) in [5.41, 5.74) is 0.410. The molecule has 1 aromatic rings. The molecule has 1 heterocycles. The lowest BCUT2D eigenvalue weighted by molar-refractivity contribution is 0.0521. The molecule has 0 unspecified atom stereocenters. The van der Waals surface area contributed by atoms with E-state index >= 15 is 0 Å². The van der Waals surface area contributed by atoms with Gasteiger partial charge in [0.2, 0.25) is 0 Å². The first-order valence-corrected chi connectivity index (χ1v) is 6.44. The maximum atomic E-state index is 11.7. The molecule has 0 N–H and O–H groups in total. The van der Waals surface area contributed by atoms with Crippen molar-refractivity contribution in [1.82, 2.24) is 9.78 Å². The van der Waals surface area contributed by atoms with Crippen LogP contribution >= 0.6 is 11.8 Å². The third-order valence-corrected chi connectivity index (χ3v) is 2.83. The third kappa shape index (κ3) is 2.58. The fraction of sp³-hybridized carbons (Fsp3) is 0.636. The van der Waals surface area contributed by atoms with Crippen LogP contribution in [0.5, 0.6) is 0 Å². The maximum absolute atomic E-state index is 11.7. The highest BCUT2D eigenvalue weighted by Crippen LogP contribution is 2.26. The van der Waals surface area contributed by atoms with Crippen LogP contribution in [0.3, 0.4) is 0 Å². The number of hydrogen-bond acceptors (Lipinski definition) is 4. The first kappa shape index (κ1) is 13.1. The summed E-state index contributed by atoms with van der Waals surface area (Å²) in [4.78, 5) is 11.7. The van der Waals surface area contributed by atoms with E-state index < -0.39 is 0 Å². The second-order valence-electron chi connectivity index (χ2n) is 4.37. The summed E-state index contributed by atoms with van der Waals surface area (Å²) >= 11 is 1.51. The van der Waals surface area contributed by atoms with Gasteiger partial charge in [0.25, 0.3) is 0 Å². The first-order valence-electron chi connectivity index (χ1n) is 5.21. The van der Waals surface area contributed by atoms with E-state index in [9.17, 15) is 4.79 Å². The number of rotatable bonds is 3. The van der Waals surface area contributed by atoms with Crippen molar-refractivity contribution in [2.75, 3.05) is 12.9 Å². The summed E-state index contributed by atoms with van der Waals surface area (Å²) < 4.78 is 6.84. The molecule has 0 aliphatic heterocycles. The average Bonchev–Trinajstić information content (AvgIpc) is 2.60. The number of esters is 1. The van der Waals surface area contributed by atoms with Crippen LogP contribution < -0.4 is 0 Å². The van der Waals surface area contributed by atoms with Crippen LogP contribution in [-0.4, -0.2) is 28.6 Å². The monoisotopic (exact) mass is 242 g/mol. The lowest BCUT2D eigenvalue weighted by Crippen LogP contribution is -2.24. The Labute approximate surface area is 100 Å². The molecule has 0 aromatic carbocycles. The van der Waals surface area contributed by atoms with Crippen LogP contribution in [0, 0.1) is 0 Å². The number of aromatic nitrogens is 2. The molecule has 0 radical (unpaired) electrons. The Hall–Kier alpha value is -0.970. The van der Waals surface area contributed by atoms with E-state index in [-0.39, 0.29) is 11.5 Å². The Morgan fingerprint density at radius 3 is 2.62 bits per heavy atom. The van der Waals surface area contributed by atoms with Crippen molar-refractivity contribution in [3.8, 4) is 0 Å². The predicted molar refractivity (Wildman–Crippen MR) is 65.0 cm³/mol. The summed E-state index contributed by atoms with van der Waals surface area (Å²) in [7, 11) is 0. The Kier molecular flexibility index (Phi) is 4.02. The summed E-state index contributed by atoms with van der Waals surface area (Å²) in [5.74, 6) is -0.303. The minimum absolute atomic E-state index is 0.136. The van der Waals surface area contributed by atoms with E-state index in [2.05, 4.69) is 25.9 Å². The zero-order valence-electron chi connectivity index (χ0n) is 10.4. The second-order valence-corrected chi connectivity index (χ2v) is 5.17. The Bertz CT molecular complexity index is 380. The molecule has 0 saturated heterocycles. The molecule has 0 saturated carbocycles. The highest BCUT2D eigenvalue weighted by Gasteiger charge is 2.24. The lowest BCUT2D eigenvalue weighted by Gasteiger charge is -2.21. The van der Waals surface area contributed by atoms with Crippen LogP contribution in [0.1, 0.15) is 38.1 Å². The second kappa shape index (κ2) is 4.91. The van der Waals surface area contributed by atoms with Gasteiger partial charge in [-0.05, 0) is 34.0 Å². The van der Waals surface area contributed by atoms with Crippen LogP contribution in [0.2, 0.25) is 0 Å². The number of thioether (sulfide) groups is 1. The van der Waals surface area contributed by atoms with Gasteiger partial charge in [-0.15, -0.1) is 11.8 Å². The highest BCUT2D eigenvalue weighted by molar-refractivity contribution is 7.98. The molecule has 0 atom stereocenters. The highest BCUT2D eigenvalue weighted by atomic mass is 32.2. The number of carbonyl (C=O) groups is 1. The van der Waals surface area contributed by atoms with Gasteiger partial charge >= 0.3 is 5.97 Å². The molecule has 0 bridgehead atoms. The quantitative estimate of drug-likeness (QED) is 0.603. The van der Waals surface area contributed by atoms with E-state index in [0.717, 1.165) is 5.03 Å². The van der Waals surface area contributed by atoms with Gasteiger partial charge in [-0.2, -0.15) is 5.10 Å². The van der Waals surface area contributed by atoms with Crippen molar-refractivity contribution in [2.45, 2.75) is 38.3 Å². The fourth-order valence-electron chi connectivity index (χ4n) is 1.36. The lowest BCUT2D eigenvalue weighted by atomic mass is 10.1. The Balaban J connectivity index is 3.14. The topological polar surface area (TPSA) is 44.1 Å². The van der Waals surface area contributed by atoms with E-state index in [1.165, 1.54) is 11.8 Å². The van der Waals surface area contributed by atoms with Crippen molar-refractivity contribution >= 4 is 17.7 Å². The molecular formula is C11H18N2O2S. The van der Waals surface area contributed by atoms with Crippen molar-refractivity contribution in [1.29, 1.82) is 0 Å². The van der Waals surface area contributed by atoms with E-state index in [1.807, 2.05) is 10.9 Å². The molecule has 16 heavy (non-hydrogen) atoms. The van der Waals surface area contributed by atoms with Gasteiger partial charge in [0, 0.05) is 0 Å². The molecule has 0 aliphatic rings. The van der Waals surface area contributed by atoms with Gasteiger partial charge in [0.1, 0.15) is 10.6 Å². The molecule has 90 valence electrons. The van der Waals surface area contributed by atoms with Crippen LogP contribution in [-0.2, 0) is 10.3 Å². The molecule has 0 aliphatic carbocycles. The van der Waals surface area contributed by atoms with Crippen molar-refractivity contribution in [2.24, 2.45) is 0 Å². The summed E-state index contributed by atoms with van der Waals surface area (Å²) in [5, 5.41) is 5.11. The zero-order valence-corrected chi connectivity index (χ0v) is 11.2. The molecule has 0 amide bonds. The van der Waals surface area contributed by atoms with E-state index in [0.29, 0.717) is 12.2 Å². The standard InChI is InChI=1S/C11H18N2O2S/c1-6-15-10(14)8-7-12-13(9(8)16-5)11(2,3)4/h7H,6H2,1-5H3. The Morgan fingerprint density at radius 1 is 1.56 bits per heavy atom. The minimum atomic E-state index is -0.303. The van der Waals surface area contributed by atoms with E-state index in [4.69, 9.17) is 4.74 Å². The van der Waals surface area contributed by atoms with Crippen LogP contribution in [0.25, 0.3) is 0 Å². The maximum Gasteiger partial charge on any atom is 0.342 e. The summed E-state index contributed by atoms with van der Waals surface area (Å²) in [6, 6.07) is 0. The smallest absolute Gasteiger partial charge is 0.342 e. The van der Waals surface area contributed by atoms with Crippen molar-refractivity contribution in [3.05, 3.63) is 11.8 Å². The summed E-state index contributed by atoms with van der Waals surface area (Å²) in [6.45, 7) is 8.33. The Morgan fingerprint density at radius 2 is 2.19 bits per heavy atom. The number of nitrogens with zero attached hydrogens (tertiary/aromatic N) is 2. The van der Waals surface area contributed by atoms with Crippen molar-refractivity contribution in [3.63, 3.8) is 0 Å². The average molecular weight is 242 g/mol. The molecule has 0 fully saturated rings. The molecule has 1 rings (SSSR count). The molecule has 5 heteroatoms. The number of hydrogen-bond donors (Lipinski definition) is 0. The fourth-order valence-corrected chi connectivity index (χ4v) is 2.21. The van der Waals surface area contributed by atoms with Gasteiger partial charge < -0.3 is 4.74 Å². The van der Waals surface area contributed by atoms with Gasteiger partial charge in [-0.3, -0.25) is 4.68 Å². The van der Waals surface area contributed by atoms with Crippen LogP contribution in [0.15, 0.2) is 11.2 Å². The van der Waals surface area contributed by atoms with Gasteiger partial charge in [0.05, 0.1) is 18.3 Å². The van der Waals surface area contributed by atoms with Gasteiger partial charge in [-0.1, -0.05) is 0 Å². The molecule has 4 nitrogen and oxygen atoms in total.